The van der Waals surface area contributed by atoms with Crippen molar-refractivity contribution in [1.29, 1.82) is 0 Å². The van der Waals surface area contributed by atoms with E-state index in [-0.39, 0.29) is 17.6 Å². The molecule has 0 saturated heterocycles. The Hall–Kier alpha value is -1.59. The Morgan fingerprint density at radius 2 is 2.44 bits per heavy atom. The van der Waals surface area contributed by atoms with Crippen LogP contribution in [0.25, 0.3) is 0 Å². The molecular formula is C16H20O2. The maximum absolute atomic E-state index is 11.4. The molecule has 1 rings (SSSR count). The van der Waals surface area contributed by atoms with Crippen molar-refractivity contribution in [3.63, 3.8) is 0 Å². The van der Waals surface area contributed by atoms with Crippen molar-refractivity contribution in [2.75, 3.05) is 13.7 Å². The fraction of sp³-hybridized carbons (Fsp3) is 0.438. The Morgan fingerprint density at radius 3 is 3.00 bits per heavy atom. The lowest BCUT2D eigenvalue weighted by Gasteiger charge is -2.22. The quantitative estimate of drug-likeness (QED) is 0.695. The molecule has 0 heterocycles. The SMILES string of the molecule is C#CC1=CCC(C(C)C(C)=O)C=C1/C=C\COC. The lowest BCUT2D eigenvalue weighted by Crippen LogP contribution is -2.18. The molecule has 0 N–H and O–H groups in total. The standard InChI is InChI=1S/C16H20O2/c1-5-14-8-9-15(12(2)13(3)17)11-16(14)7-6-10-18-4/h1,6-8,11-12,15H,9-10H2,2-4H3/b7-6-. The zero-order valence-electron chi connectivity index (χ0n) is 11.3. The van der Waals surface area contributed by atoms with Gasteiger partial charge in [-0.1, -0.05) is 37.1 Å². The normalized spacial score (nSPS) is 21.1. The first kappa shape index (κ1) is 14.5. The summed E-state index contributed by atoms with van der Waals surface area (Å²) in [7, 11) is 1.65. The molecule has 0 saturated carbocycles. The van der Waals surface area contributed by atoms with Crippen molar-refractivity contribution in [3.8, 4) is 12.3 Å². The second-order valence-electron chi connectivity index (χ2n) is 4.54. The molecule has 0 bridgehead atoms. The van der Waals surface area contributed by atoms with Crippen LogP contribution in [0.2, 0.25) is 0 Å². The van der Waals surface area contributed by atoms with Crippen LogP contribution < -0.4 is 0 Å². The maximum atomic E-state index is 11.4. The third-order valence-electron chi connectivity index (χ3n) is 3.30. The zero-order valence-corrected chi connectivity index (χ0v) is 11.3. The van der Waals surface area contributed by atoms with Gasteiger partial charge in [-0.3, -0.25) is 4.79 Å². The molecule has 0 aromatic carbocycles. The predicted molar refractivity (Wildman–Crippen MR) is 74.0 cm³/mol. The Morgan fingerprint density at radius 1 is 1.72 bits per heavy atom. The number of terminal acetylenes is 1. The van der Waals surface area contributed by atoms with Crippen LogP contribution in [0.15, 0.2) is 35.5 Å². The molecule has 96 valence electrons. The average Bonchev–Trinajstić information content (AvgIpc) is 2.38. The van der Waals surface area contributed by atoms with Crippen LogP contribution in [-0.2, 0) is 9.53 Å². The van der Waals surface area contributed by atoms with E-state index in [1.165, 1.54) is 0 Å². The fourth-order valence-electron chi connectivity index (χ4n) is 1.97. The van der Waals surface area contributed by atoms with E-state index in [0.29, 0.717) is 6.61 Å². The number of methoxy groups -OCH3 is 1. The molecule has 18 heavy (non-hydrogen) atoms. The largest absolute Gasteiger partial charge is 0.381 e. The van der Waals surface area contributed by atoms with Gasteiger partial charge in [-0.25, -0.2) is 0 Å². The smallest absolute Gasteiger partial charge is 0.133 e. The van der Waals surface area contributed by atoms with Gasteiger partial charge in [0.25, 0.3) is 0 Å². The average molecular weight is 244 g/mol. The topological polar surface area (TPSA) is 26.3 Å². The highest BCUT2D eigenvalue weighted by molar-refractivity contribution is 5.78. The molecule has 2 nitrogen and oxygen atoms in total. The summed E-state index contributed by atoms with van der Waals surface area (Å²) < 4.78 is 4.98. The van der Waals surface area contributed by atoms with Gasteiger partial charge in [0.15, 0.2) is 0 Å². The van der Waals surface area contributed by atoms with E-state index in [1.807, 2.05) is 25.2 Å². The summed E-state index contributed by atoms with van der Waals surface area (Å²) in [4.78, 5) is 11.4. The summed E-state index contributed by atoms with van der Waals surface area (Å²) in [5.74, 6) is 3.17. The summed E-state index contributed by atoms with van der Waals surface area (Å²) in [6.45, 7) is 4.16. The Labute approximate surface area is 109 Å². The number of rotatable bonds is 5. The number of allylic oxidation sites excluding steroid dienone is 5. The monoisotopic (exact) mass is 244 g/mol. The van der Waals surface area contributed by atoms with Gasteiger partial charge in [0, 0.05) is 18.6 Å². The van der Waals surface area contributed by atoms with Crippen molar-refractivity contribution in [2.24, 2.45) is 11.8 Å². The summed E-state index contributed by atoms with van der Waals surface area (Å²) in [5, 5.41) is 0. The number of ether oxygens (including phenoxy) is 1. The molecule has 0 aliphatic heterocycles. The minimum Gasteiger partial charge on any atom is -0.381 e. The summed E-state index contributed by atoms with van der Waals surface area (Å²) in [6, 6.07) is 0. The van der Waals surface area contributed by atoms with Crippen LogP contribution >= 0.6 is 0 Å². The summed E-state index contributed by atoms with van der Waals surface area (Å²) in [6.07, 6.45) is 14.4. The molecule has 0 amide bonds. The minimum absolute atomic E-state index is 0.0337. The number of Topliss-reactive ketones (excluding diaryl/α,β-unsaturated/α-hetero) is 1. The number of carbonyl (C=O) groups is 1. The predicted octanol–water partition coefficient (Wildman–Crippen LogP) is 2.92. The molecule has 0 spiro atoms. The molecule has 0 radical (unpaired) electrons. The van der Waals surface area contributed by atoms with Gasteiger partial charge >= 0.3 is 0 Å². The van der Waals surface area contributed by atoms with Gasteiger partial charge in [0.2, 0.25) is 0 Å². The minimum atomic E-state index is 0.0337. The van der Waals surface area contributed by atoms with Gasteiger partial charge in [0.05, 0.1) is 6.61 Å². The number of hydrogen-bond donors (Lipinski definition) is 0. The van der Waals surface area contributed by atoms with Gasteiger partial charge in [0.1, 0.15) is 5.78 Å². The number of hydrogen-bond acceptors (Lipinski definition) is 2. The van der Waals surface area contributed by atoms with Gasteiger partial charge in [-0.2, -0.15) is 0 Å². The first-order valence-corrected chi connectivity index (χ1v) is 6.15. The van der Waals surface area contributed by atoms with Crippen molar-refractivity contribution in [1.82, 2.24) is 0 Å². The highest BCUT2D eigenvalue weighted by Gasteiger charge is 2.21. The van der Waals surface area contributed by atoms with Crippen molar-refractivity contribution in [2.45, 2.75) is 20.3 Å². The van der Waals surface area contributed by atoms with Crippen LogP contribution in [0.3, 0.4) is 0 Å². The molecular weight excluding hydrogens is 224 g/mol. The molecule has 1 aliphatic rings. The first-order valence-electron chi connectivity index (χ1n) is 6.15. The van der Waals surface area contributed by atoms with Crippen molar-refractivity contribution < 1.29 is 9.53 Å². The van der Waals surface area contributed by atoms with Gasteiger partial charge < -0.3 is 4.74 Å². The van der Waals surface area contributed by atoms with E-state index < -0.39 is 0 Å². The molecule has 0 aromatic rings. The molecule has 0 aromatic heterocycles. The fourth-order valence-corrected chi connectivity index (χ4v) is 1.97. The highest BCUT2D eigenvalue weighted by Crippen LogP contribution is 2.29. The van der Waals surface area contributed by atoms with Crippen LogP contribution in [0, 0.1) is 24.2 Å². The van der Waals surface area contributed by atoms with Crippen LogP contribution in [0.5, 0.6) is 0 Å². The first-order chi connectivity index (χ1) is 8.60. The highest BCUT2D eigenvalue weighted by atomic mass is 16.5. The van der Waals surface area contributed by atoms with E-state index >= 15 is 0 Å². The second kappa shape index (κ2) is 6.98. The zero-order chi connectivity index (χ0) is 13.5. The van der Waals surface area contributed by atoms with Crippen molar-refractivity contribution >= 4 is 5.78 Å². The third kappa shape index (κ3) is 3.72. The molecule has 1 aliphatic carbocycles. The van der Waals surface area contributed by atoms with E-state index in [2.05, 4.69) is 12.0 Å². The Bertz CT molecular complexity index is 433. The number of carbonyl (C=O) groups excluding carboxylic acids is 1. The summed E-state index contributed by atoms with van der Waals surface area (Å²) in [5.41, 5.74) is 1.91. The second-order valence-corrected chi connectivity index (χ2v) is 4.54. The Kier molecular flexibility index (Phi) is 5.61. The van der Waals surface area contributed by atoms with E-state index in [1.54, 1.807) is 14.0 Å². The van der Waals surface area contributed by atoms with Gasteiger partial charge in [-0.15, -0.1) is 6.42 Å². The molecule has 2 heteroatoms. The summed E-state index contributed by atoms with van der Waals surface area (Å²) >= 11 is 0. The van der Waals surface area contributed by atoms with Gasteiger partial charge in [-0.05, 0) is 24.8 Å². The van der Waals surface area contributed by atoms with Crippen LogP contribution in [0.1, 0.15) is 20.3 Å². The third-order valence-corrected chi connectivity index (χ3v) is 3.30. The molecule has 0 fully saturated rings. The molecule has 2 atom stereocenters. The van der Waals surface area contributed by atoms with E-state index in [0.717, 1.165) is 17.6 Å². The van der Waals surface area contributed by atoms with Crippen molar-refractivity contribution in [3.05, 3.63) is 35.5 Å². The molecule has 2 unspecified atom stereocenters. The number of ketones is 1. The lowest BCUT2D eigenvalue weighted by molar-refractivity contribution is -0.121. The lowest BCUT2D eigenvalue weighted by atomic mass is 9.81. The van der Waals surface area contributed by atoms with E-state index in [9.17, 15) is 4.79 Å². The van der Waals surface area contributed by atoms with Crippen LogP contribution in [-0.4, -0.2) is 19.5 Å². The Balaban J connectivity index is 2.89. The van der Waals surface area contributed by atoms with Crippen LogP contribution in [0.4, 0.5) is 0 Å². The van der Waals surface area contributed by atoms with E-state index in [4.69, 9.17) is 11.2 Å². The maximum Gasteiger partial charge on any atom is 0.133 e.